The minimum Gasteiger partial charge on any atom is -0.304 e. The van der Waals surface area contributed by atoms with Gasteiger partial charge in [-0.3, -0.25) is 24.3 Å². The van der Waals surface area contributed by atoms with Crippen LogP contribution in [0.15, 0.2) is 30.5 Å². The smallest absolute Gasteiger partial charge is 0.304 e. The SMILES string of the molecule is Cc1nn(C)c(C(=O)Nc2ccn(Cc3ccc(F)cc3Cl)n2)c1[N+](=O)[O-]. The summed E-state index contributed by atoms with van der Waals surface area (Å²) in [5.74, 6) is -0.938. The molecule has 140 valence electrons. The van der Waals surface area contributed by atoms with E-state index in [0.29, 0.717) is 5.56 Å². The zero-order chi connectivity index (χ0) is 19.7. The number of aryl methyl sites for hydroxylation is 2. The zero-order valence-corrected chi connectivity index (χ0v) is 15.1. The predicted molar refractivity (Wildman–Crippen MR) is 95.3 cm³/mol. The van der Waals surface area contributed by atoms with Crippen molar-refractivity contribution >= 4 is 29.0 Å². The minimum atomic E-state index is -0.699. The fraction of sp³-hybridized carbons (Fsp3) is 0.188. The average Bonchev–Trinajstić information content (AvgIpc) is 3.13. The van der Waals surface area contributed by atoms with Gasteiger partial charge in [-0.05, 0) is 24.6 Å². The summed E-state index contributed by atoms with van der Waals surface area (Å²) >= 11 is 5.99. The van der Waals surface area contributed by atoms with Crippen molar-refractivity contribution in [2.45, 2.75) is 13.5 Å². The number of hydrogen-bond acceptors (Lipinski definition) is 5. The van der Waals surface area contributed by atoms with E-state index in [0.717, 1.165) is 4.68 Å². The molecule has 2 heterocycles. The lowest BCUT2D eigenvalue weighted by Crippen LogP contribution is -2.18. The molecule has 2 aromatic heterocycles. The van der Waals surface area contributed by atoms with Gasteiger partial charge in [-0.25, -0.2) is 4.39 Å². The van der Waals surface area contributed by atoms with Gasteiger partial charge in [0.15, 0.2) is 5.82 Å². The van der Waals surface area contributed by atoms with Gasteiger partial charge in [0.25, 0.3) is 5.91 Å². The Balaban J connectivity index is 1.78. The highest BCUT2D eigenvalue weighted by molar-refractivity contribution is 6.31. The van der Waals surface area contributed by atoms with Crippen molar-refractivity contribution in [3.05, 3.63) is 68.4 Å². The molecule has 27 heavy (non-hydrogen) atoms. The molecule has 1 aromatic carbocycles. The number of nitrogens with one attached hydrogen (secondary N) is 1. The van der Waals surface area contributed by atoms with E-state index in [-0.39, 0.29) is 34.5 Å². The van der Waals surface area contributed by atoms with Crippen LogP contribution in [0, 0.1) is 22.9 Å². The number of carbonyl (C=O) groups excluding carboxylic acids is 1. The summed E-state index contributed by atoms with van der Waals surface area (Å²) in [5, 5.41) is 22.1. The number of nitrogens with zero attached hydrogens (tertiary/aromatic N) is 5. The summed E-state index contributed by atoms with van der Waals surface area (Å²) in [6.45, 7) is 1.72. The van der Waals surface area contributed by atoms with Crippen LogP contribution in [0.3, 0.4) is 0 Å². The van der Waals surface area contributed by atoms with Crippen molar-refractivity contribution in [3.63, 3.8) is 0 Å². The minimum absolute atomic E-state index is 0.143. The van der Waals surface area contributed by atoms with Crippen LogP contribution in [0.1, 0.15) is 21.7 Å². The Morgan fingerprint density at radius 3 is 2.78 bits per heavy atom. The lowest BCUT2D eigenvalue weighted by Gasteiger charge is -2.05. The van der Waals surface area contributed by atoms with Gasteiger partial charge in [0, 0.05) is 24.3 Å². The van der Waals surface area contributed by atoms with E-state index in [1.807, 2.05) is 0 Å². The van der Waals surface area contributed by atoms with Crippen molar-refractivity contribution in [2.24, 2.45) is 7.05 Å². The maximum absolute atomic E-state index is 13.1. The molecule has 0 bridgehead atoms. The van der Waals surface area contributed by atoms with Crippen molar-refractivity contribution in [3.8, 4) is 0 Å². The van der Waals surface area contributed by atoms with E-state index in [9.17, 15) is 19.3 Å². The Hall–Kier alpha value is -3.27. The maximum atomic E-state index is 13.1. The average molecular weight is 393 g/mol. The van der Waals surface area contributed by atoms with Crippen LogP contribution in [0.2, 0.25) is 5.02 Å². The molecule has 3 aromatic rings. The molecule has 9 nitrogen and oxygen atoms in total. The van der Waals surface area contributed by atoms with Gasteiger partial charge >= 0.3 is 5.69 Å². The number of benzene rings is 1. The summed E-state index contributed by atoms with van der Waals surface area (Å²) in [6, 6.07) is 5.56. The summed E-state index contributed by atoms with van der Waals surface area (Å²) in [4.78, 5) is 23.0. The van der Waals surface area contributed by atoms with Crippen LogP contribution < -0.4 is 5.32 Å². The van der Waals surface area contributed by atoms with E-state index in [1.165, 1.54) is 36.9 Å². The molecule has 0 saturated carbocycles. The Labute approximate surface area is 157 Å². The molecule has 0 unspecified atom stereocenters. The number of hydrogen-bond donors (Lipinski definition) is 1. The predicted octanol–water partition coefficient (Wildman–Crippen LogP) is 2.93. The highest BCUT2D eigenvalue weighted by atomic mass is 35.5. The number of carbonyl (C=O) groups is 1. The number of aromatic nitrogens is 4. The van der Waals surface area contributed by atoms with Crippen molar-refractivity contribution in [1.82, 2.24) is 19.6 Å². The molecule has 0 aliphatic heterocycles. The second-order valence-electron chi connectivity index (χ2n) is 5.75. The quantitative estimate of drug-likeness (QED) is 0.530. The first-order valence-corrected chi connectivity index (χ1v) is 8.10. The largest absolute Gasteiger partial charge is 0.322 e. The highest BCUT2D eigenvalue weighted by Gasteiger charge is 2.29. The standard InChI is InChI=1S/C16H14ClFN6O3/c1-9-14(24(26)27)15(22(2)20-9)16(25)19-13-5-6-23(21-13)8-10-3-4-11(18)7-12(10)17/h3-7H,8H2,1-2H3,(H,19,21,25). The monoisotopic (exact) mass is 392 g/mol. The van der Waals surface area contributed by atoms with Gasteiger partial charge < -0.3 is 5.32 Å². The zero-order valence-electron chi connectivity index (χ0n) is 14.3. The van der Waals surface area contributed by atoms with E-state index in [2.05, 4.69) is 15.5 Å². The van der Waals surface area contributed by atoms with Gasteiger partial charge in [0.05, 0.1) is 11.5 Å². The first-order chi connectivity index (χ1) is 12.8. The van der Waals surface area contributed by atoms with E-state index >= 15 is 0 Å². The van der Waals surface area contributed by atoms with E-state index < -0.39 is 16.6 Å². The second-order valence-corrected chi connectivity index (χ2v) is 6.16. The molecule has 0 radical (unpaired) electrons. The lowest BCUT2D eigenvalue weighted by atomic mass is 10.2. The van der Waals surface area contributed by atoms with Crippen LogP contribution in [0.25, 0.3) is 0 Å². The molecule has 0 saturated heterocycles. The number of rotatable bonds is 5. The molecule has 1 N–H and O–H groups in total. The van der Waals surface area contributed by atoms with Crippen molar-refractivity contribution in [1.29, 1.82) is 0 Å². The topological polar surface area (TPSA) is 108 Å². The summed E-state index contributed by atoms with van der Waals surface area (Å²) in [6.07, 6.45) is 1.60. The Kier molecular flexibility index (Phi) is 4.91. The second kappa shape index (κ2) is 7.16. The highest BCUT2D eigenvalue weighted by Crippen LogP contribution is 2.23. The third kappa shape index (κ3) is 3.80. The molecule has 0 atom stereocenters. The molecule has 3 rings (SSSR count). The maximum Gasteiger partial charge on any atom is 0.322 e. The van der Waals surface area contributed by atoms with Crippen LogP contribution in [-0.2, 0) is 13.6 Å². The molecule has 0 fully saturated rings. The van der Waals surface area contributed by atoms with E-state index in [4.69, 9.17) is 11.6 Å². The first-order valence-electron chi connectivity index (χ1n) is 7.73. The van der Waals surface area contributed by atoms with Crippen LogP contribution in [-0.4, -0.2) is 30.4 Å². The Morgan fingerprint density at radius 1 is 1.37 bits per heavy atom. The van der Waals surface area contributed by atoms with Gasteiger partial charge in [-0.15, -0.1) is 0 Å². The third-order valence-electron chi connectivity index (χ3n) is 3.82. The molecule has 0 spiro atoms. The molecular weight excluding hydrogens is 379 g/mol. The van der Waals surface area contributed by atoms with Gasteiger partial charge in [0.2, 0.25) is 5.69 Å². The summed E-state index contributed by atoms with van der Waals surface area (Å²) in [5.41, 5.74) is 0.266. The van der Waals surface area contributed by atoms with Gasteiger partial charge in [-0.1, -0.05) is 17.7 Å². The summed E-state index contributed by atoms with van der Waals surface area (Å²) in [7, 11) is 1.45. The van der Waals surface area contributed by atoms with Crippen LogP contribution in [0.4, 0.5) is 15.9 Å². The normalized spacial score (nSPS) is 10.8. The van der Waals surface area contributed by atoms with Crippen molar-refractivity contribution < 1.29 is 14.1 Å². The number of anilines is 1. The fourth-order valence-corrected chi connectivity index (χ4v) is 2.86. The van der Waals surface area contributed by atoms with E-state index in [1.54, 1.807) is 12.3 Å². The molecule has 1 amide bonds. The number of nitro groups is 1. The number of halogens is 2. The molecule has 0 aliphatic rings. The van der Waals surface area contributed by atoms with Crippen LogP contribution in [0.5, 0.6) is 0 Å². The number of amides is 1. The third-order valence-corrected chi connectivity index (χ3v) is 4.17. The lowest BCUT2D eigenvalue weighted by molar-refractivity contribution is -0.385. The van der Waals surface area contributed by atoms with Gasteiger partial charge in [-0.2, -0.15) is 10.2 Å². The first kappa shape index (κ1) is 18.5. The Bertz CT molecular complexity index is 1040. The molecular formula is C16H14ClFN6O3. The molecule has 0 aliphatic carbocycles. The Morgan fingerprint density at radius 2 is 2.11 bits per heavy atom. The van der Waals surface area contributed by atoms with Crippen molar-refractivity contribution in [2.75, 3.05) is 5.32 Å². The molecule has 11 heteroatoms. The summed E-state index contributed by atoms with van der Waals surface area (Å²) < 4.78 is 15.8. The van der Waals surface area contributed by atoms with Gasteiger partial charge in [0.1, 0.15) is 11.5 Å². The van der Waals surface area contributed by atoms with Crippen LogP contribution >= 0.6 is 11.6 Å². The fourth-order valence-electron chi connectivity index (χ4n) is 2.64.